The van der Waals surface area contributed by atoms with Gasteiger partial charge >= 0.3 is 11.9 Å². The van der Waals surface area contributed by atoms with Crippen LogP contribution in [0.25, 0.3) is 0 Å². The molecule has 0 aliphatic carbocycles. The van der Waals surface area contributed by atoms with Crippen LogP contribution < -0.4 is 5.32 Å². The van der Waals surface area contributed by atoms with E-state index in [2.05, 4.69) is 29.3 Å². The van der Waals surface area contributed by atoms with E-state index >= 15 is 0 Å². The Morgan fingerprint density at radius 3 is 2.31 bits per heavy atom. The molecule has 1 N–H and O–H groups in total. The zero-order valence-corrected chi connectivity index (χ0v) is 22.5. The third-order valence-corrected chi connectivity index (χ3v) is 6.54. The highest BCUT2D eigenvalue weighted by molar-refractivity contribution is 5.80. The van der Waals surface area contributed by atoms with Crippen LogP contribution in [0.3, 0.4) is 0 Å². The van der Waals surface area contributed by atoms with Crippen molar-refractivity contribution in [1.82, 2.24) is 10.2 Å². The molecule has 1 amide bonds. The van der Waals surface area contributed by atoms with E-state index in [4.69, 9.17) is 9.47 Å². The summed E-state index contributed by atoms with van der Waals surface area (Å²) in [7, 11) is 0. The summed E-state index contributed by atoms with van der Waals surface area (Å²) in [6.45, 7) is 13.8. The zero-order valence-electron chi connectivity index (χ0n) is 22.5. The molecule has 1 aromatic carbocycles. The topological polar surface area (TPSA) is 84.9 Å². The first kappa shape index (κ1) is 28.8. The monoisotopic (exact) mass is 488 g/mol. The molecule has 7 heteroatoms. The van der Waals surface area contributed by atoms with Crippen LogP contribution in [-0.2, 0) is 30.3 Å². The van der Waals surface area contributed by atoms with Gasteiger partial charge in [0.15, 0.2) is 0 Å². The smallest absolute Gasteiger partial charge is 0.323 e. The average molecular weight is 489 g/mol. The van der Waals surface area contributed by atoms with Gasteiger partial charge in [0.25, 0.3) is 0 Å². The summed E-state index contributed by atoms with van der Waals surface area (Å²) in [4.78, 5) is 40.2. The first-order valence-corrected chi connectivity index (χ1v) is 12.9. The Hall–Kier alpha value is -2.41. The quantitative estimate of drug-likeness (QED) is 0.472. The van der Waals surface area contributed by atoms with Crippen molar-refractivity contribution in [3.63, 3.8) is 0 Å². The summed E-state index contributed by atoms with van der Waals surface area (Å²) in [6, 6.07) is 9.45. The van der Waals surface area contributed by atoms with E-state index in [9.17, 15) is 14.4 Å². The lowest BCUT2D eigenvalue weighted by Gasteiger charge is -2.41. The summed E-state index contributed by atoms with van der Waals surface area (Å²) >= 11 is 0. The van der Waals surface area contributed by atoms with Crippen molar-refractivity contribution >= 4 is 17.8 Å². The number of rotatable bonds is 11. The van der Waals surface area contributed by atoms with E-state index < -0.39 is 17.6 Å². The van der Waals surface area contributed by atoms with Gasteiger partial charge in [-0.2, -0.15) is 0 Å². The molecule has 1 fully saturated rings. The number of benzene rings is 1. The fourth-order valence-electron chi connectivity index (χ4n) is 5.17. The highest BCUT2D eigenvalue weighted by Gasteiger charge is 2.47. The second kappa shape index (κ2) is 13.1. The van der Waals surface area contributed by atoms with Crippen LogP contribution in [0.5, 0.6) is 0 Å². The van der Waals surface area contributed by atoms with Crippen molar-refractivity contribution in [3.05, 3.63) is 35.9 Å². The zero-order chi connectivity index (χ0) is 26.2. The van der Waals surface area contributed by atoms with Crippen LogP contribution in [-0.4, -0.2) is 59.6 Å². The molecule has 7 nitrogen and oxygen atoms in total. The van der Waals surface area contributed by atoms with Gasteiger partial charge in [0, 0.05) is 25.6 Å². The second-order valence-electron chi connectivity index (χ2n) is 10.6. The van der Waals surface area contributed by atoms with Crippen LogP contribution in [0.15, 0.2) is 30.3 Å². The standard InChI is InChI=1S/C28H44N2O5/c1-8-13-23(19(3)29-20(4)31)24(16-21-14-11-10-12-15-21)30-18-22(26(32)34-9-2)17-25(30)27(33)35-28(5,6)7/h10-12,14-15,19,22-25H,8-9,13,16-18H2,1-7H3,(H,29,31). The molecular weight excluding hydrogens is 444 g/mol. The number of amides is 1. The SMILES string of the molecule is CCCC(C(C)NC(C)=O)C(Cc1ccccc1)N1CC(C(=O)OCC)CC1C(=O)OC(C)(C)C. The van der Waals surface area contributed by atoms with Gasteiger partial charge in [0.1, 0.15) is 11.6 Å². The molecule has 0 aromatic heterocycles. The lowest BCUT2D eigenvalue weighted by Crippen LogP contribution is -2.54. The number of hydrogen-bond acceptors (Lipinski definition) is 6. The maximum Gasteiger partial charge on any atom is 0.323 e. The summed E-state index contributed by atoms with van der Waals surface area (Å²) in [5.41, 5.74) is 0.516. The van der Waals surface area contributed by atoms with Gasteiger partial charge in [0.05, 0.1) is 12.5 Å². The van der Waals surface area contributed by atoms with Gasteiger partial charge in [-0.05, 0) is 65.4 Å². The lowest BCUT2D eigenvalue weighted by atomic mass is 9.83. The van der Waals surface area contributed by atoms with Crippen molar-refractivity contribution in [3.8, 4) is 0 Å². The Morgan fingerprint density at radius 2 is 1.77 bits per heavy atom. The molecule has 196 valence electrons. The summed E-state index contributed by atoms with van der Waals surface area (Å²) in [5.74, 6) is -0.987. The van der Waals surface area contributed by atoms with E-state index in [1.807, 2.05) is 45.9 Å². The molecule has 1 aromatic rings. The maximum absolute atomic E-state index is 13.4. The summed E-state index contributed by atoms with van der Waals surface area (Å²) in [5, 5.41) is 3.08. The van der Waals surface area contributed by atoms with E-state index in [0.717, 1.165) is 18.4 Å². The molecular formula is C28H44N2O5. The minimum absolute atomic E-state index is 0.0730. The first-order chi connectivity index (χ1) is 16.5. The highest BCUT2D eigenvalue weighted by atomic mass is 16.6. The fraction of sp³-hybridized carbons (Fsp3) is 0.679. The van der Waals surface area contributed by atoms with E-state index in [-0.39, 0.29) is 35.8 Å². The van der Waals surface area contributed by atoms with Crippen LogP contribution >= 0.6 is 0 Å². The second-order valence-corrected chi connectivity index (χ2v) is 10.6. The van der Waals surface area contributed by atoms with Gasteiger partial charge < -0.3 is 14.8 Å². The van der Waals surface area contributed by atoms with Crippen molar-refractivity contribution in [2.24, 2.45) is 11.8 Å². The first-order valence-electron chi connectivity index (χ1n) is 12.9. The molecule has 0 saturated carbocycles. The van der Waals surface area contributed by atoms with Crippen LogP contribution in [0.4, 0.5) is 0 Å². The molecule has 1 saturated heterocycles. The van der Waals surface area contributed by atoms with Crippen LogP contribution in [0.1, 0.15) is 73.3 Å². The molecule has 0 radical (unpaired) electrons. The number of carbonyl (C=O) groups is 3. The normalized spacial score (nSPS) is 21.1. The van der Waals surface area contributed by atoms with Gasteiger partial charge in [-0.1, -0.05) is 43.7 Å². The number of ether oxygens (including phenoxy) is 2. The van der Waals surface area contributed by atoms with E-state index in [1.165, 1.54) is 6.92 Å². The van der Waals surface area contributed by atoms with Gasteiger partial charge in [-0.25, -0.2) is 0 Å². The maximum atomic E-state index is 13.4. The lowest BCUT2D eigenvalue weighted by molar-refractivity contribution is -0.161. The molecule has 1 aliphatic rings. The number of nitrogens with zero attached hydrogens (tertiary/aromatic N) is 1. The molecule has 35 heavy (non-hydrogen) atoms. The van der Waals surface area contributed by atoms with Gasteiger partial charge in [-0.15, -0.1) is 0 Å². The Morgan fingerprint density at radius 1 is 1.11 bits per heavy atom. The Labute approximate surface area is 210 Å². The fourth-order valence-corrected chi connectivity index (χ4v) is 5.17. The van der Waals surface area contributed by atoms with E-state index in [1.54, 1.807) is 6.92 Å². The van der Waals surface area contributed by atoms with Crippen molar-refractivity contribution in [2.45, 2.75) is 97.9 Å². The molecule has 0 spiro atoms. The Balaban J connectivity index is 2.50. The third kappa shape index (κ3) is 8.64. The Bertz CT molecular complexity index is 835. The molecule has 1 aliphatic heterocycles. The Kier molecular flexibility index (Phi) is 10.7. The van der Waals surface area contributed by atoms with Gasteiger partial charge in [0.2, 0.25) is 5.91 Å². The number of nitrogens with one attached hydrogen (secondary N) is 1. The predicted molar refractivity (Wildman–Crippen MR) is 137 cm³/mol. The van der Waals surface area contributed by atoms with Gasteiger partial charge in [-0.3, -0.25) is 19.3 Å². The molecule has 5 atom stereocenters. The number of esters is 2. The largest absolute Gasteiger partial charge is 0.466 e. The molecule has 2 rings (SSSR count). The van der Waals surface area contributed by atoms with Crippen LogP contribution in [0.2, 0.25) is 0 Å². The highest BCUT2D eigenvalue weighted by Crippen LogP contribution is 2.34. The van der Waals surface area contributed by atoms with Crippen LogP contribution in [0, 0.1) is 11.8 Å². The number of hydrogen-bond donors (Lipinski definition) is 1. The molecule has 0 bridgehead atoms. The third-order valence-electron chi connectivity index (χ3n) is 6.54. The van der Waals surface area contributed by atoms with E-state index in [0.29, 0.717) is 26.0 Å². The van der Waals surface area contributed by atoms with Crippen molar-refractivity contribution in [2.75, 3.05) is 13.2 Å². The van der Waals surface area contributed by atoms with Crippen molar-refractivity contribution in [1.29, 1.82) is 0 Å². The van der Waals surface area contributed by atoms with Crippen molar-refractivity contribution < 1.29 is 23.9 Å². The minimum Gasteiger partial charge on any atom is -0.466 e. The number of carbonyl (C=O) groups excluding carboxylic acids is 3. The predicted octanol–water partition coefficient (Wildman–Crippen LogP) is 4.13. The average Bonchev–Trinajstić information content (AvgIpc) is 3.21. The number of likely N-dealkylation sites (tertiary alicyclic amines) is 1. The minimum atomic E-state index is -0.633. The molecule has 5 unspecified atom stereocenters. The summed E-state index contributed by atoms with van der Waals surface area (Å²) < 4.78 is 11.1. The summed E-state index contributed by atoms with van der Waals surface area (Å²) in [6.07, 6.45) is 2.88. The molecule has 1 heterocycles.